The molecule has 222 valence electrons. The van der Waals surface area contributed by atoms with Crippen LogP contribution in [0.5, 0.6) is 0 Å². The van der Waals surface area contributed by atoms with Crippen molar-refractivity contribution in [2.45, 2.75) is 0 Å². The number of fused-ring (bicyclic) bond motifs is 6. The van der Waals surface area contributed by atoms with Gasteiger partial charge in [0.1, 0.15) is 0 Å². The fourth-order valence-corrected chi connectivity index (χ4v) is 7.30. The van der Waals surface area contributed by atoms with Gasteiger partial charge in [-0.05, 0) is 71.8 Å². The molecular formula is C44H26N4. The topological polar surface area (TPSA) is 57.4 Å². The second kappa shape index (κ2) is 10.9. The zero-order valence-corrected chi connectivity index (χ0v) is 25.8. The Morgan fingerprint density at radius 2 is 0.917 bits per heavy atom. The van der Waals surface area contributed by atoms with Crippen LogP contribution in [0.2, 0.25) is 0 Å². The molecule has 0 aliphatic heterocycles. The van der Waals surface area contributed by atoms with Crippen LogP contribution < -0.4 is 0 Å². The van der Waals surface area contributed by atoms with E-state index in [4.69, 9.17) is 0 Å². The zero-order valence-electron chi connectivity index (χ0n) is 25.8. The van der Waals surface area contributed by atoms with E-state index in [1.54, 1.807) is 0 Å². The Morgan fingerprint density at radius 3 is 1.48 bits per heavy atom. The highest BCUT2D eigenvalue weighted by Gasteiger charge is 2.18. The lowest BCUT2D eigenvalue weighted by Crippen LogP contribution is -1.98. The predicted molar refractivity (Wildman–Crippen MR) is 195 cm³/mol. The summed E-state index contributed by atoms with van der Waals surface area (Å²) in [5, 5.41) is 25.2. The van der Waals surface area contributed by atoms with E-state index < -0.39 is 0 Å². The summed E-state index contributed by atoms with van der Waals surface area (Å²) in [5.74, 6) is 0. The molecule has 0 N–H and O–H groups in total. The van der Waals surface area contributed by atoms with Crippen molar-refractivity contribution in [3.8, 4) is 45.8 Å². The number of aromatic nitrogens is 2. The molecule has 0 aliphatic carbocycles. The van der Waals surface area contributed by atoms with E-state index in [9.17, 15) is 10.5 Å². The third-order valence-corrected chi connectivity index (χ3v) is 9.37. The van der Waals surface area contributed by atoms with Crippen LogP contribution in [0.25, 0.3) is 77.2 Å². The van der Waals surface area contributed by atoms with Crippen molar-refractivity contribution in [2.75, 3.05) is 0 Å². The molecule has 0 bridgehead atoms. The van der Waals surface area contributed by atoms with Gasteiger partial charge >= 0.3 is 0 Å². The number of nitrogens with zero attached hydrogens (tertiary/aromatic N) is 4. The molecule has 0 saturated carbocycles. The molecule has 0 fully saturated rings. The van der Waals surface area contributed by atoms with Crippen molar-refractivity contribution in [1.82, 2.24) is 9.13 Å². The summed E-state index contributed by atoms with van der Waals surface area (Å²) in [7, 11) is 0. The first-order valence-electron chi connectivity index (χ1n) is 15.9. The van der Waals surface area contributed by atoms with Crippen LogP contribution in [0.15, 0.2) is 158 Å². The Hall–Kier alpha value is -6.88. The molecule has 2 aromatic heterocycles. The summed E-state index contributed by atoms with van der Waals surface area (Å²) in [6.45, 7) is 0. The molecular weight excluding hydrogens is 585 g/mol. The van der Waals surface area contributed by atoms with Gasteiger partial charge in [-0.25, -0.2) is 0 Å². The number of hydrogen-bond donors (Lipinski definition) is 0. The lowest BCUT2D eigenvalue weighted by atomic mass is 9.93. The molecule has 0 radical (unpaired) electrons. The number of benzene rings is 7. The normalized spacial score (nSPS) is 11.3. The maximum atomic E-state index is 10.3. The van der Waals surface area contributed by atoms with Crippen LogP contribution in [0.1, 0.15) is 11.1 Å². The minimum atomic E-state index is 0.532. The smallest absolute Gasteiger partial charge is 0.0998 e. The van der Waals surface area contributed by atoms with Gasteiger partial charge in [0.05, 0.1) is 51.0 Å². The Bertz CT molecular complexity index is 2710. The van der Waals surface area contributed by atoms with Gasteiger partial charge < -0.3 is 9.13 Å². The fraction of sp³-hybridized carbons (Fsp3) is 0. The first-order valence-corrected chi connectivity index (χ1v) is 15.9. The van der Waals surface area contributed by atoms with E-state index in [0.717, 1.165) is 66.5 Å². The van der Waals surface area contributed by atoms with E-state index in [1.807, 2.05) is 36.4 Å². The van der Waals surface area contributed by atoms with Crippen LogP contribution in [-0.4, -0.2) is 9.13 Å². The number of hydrogen-bond acceptors (Lipinski definition) is 2. The van der Waals surface area contributed by atoms with Crippen LogP contribution >= 0.6 is 0 Å². The summed E-state index contributed by atoms with van der Waals surface area (Å²) in [6, 6.07) is 58.8. The van der Waals surface area contributed by atoms with Gasteiger partial charge in [0.2, 0.25) is 0 Å². The molecule has 9 rings (SSSR count). The molecule has 0 spiro atoms. The molecule has 0 unspecified atom stereocenters. The Morgan fingerprint density at radius 1 is 0.396 bits per heavy atom. The van der Waals surface area contributed by atoms with E-state index in [0.29, 0.717) is 11.1 Å². The Kier molecular flexibility index (Phi) is 6.22. The average Bonchev–Trinajstić information content (AvgIpc) is 3.67. The average molecular weight is 611 g/mol. The van der Waals surface area contributed by atoms with Gasteiger partial charge in [-0.3, -0.25) is 0 Å². The largest absolute Gasteiger partial charge is 0.309 e. The second-order valence-electron chi connectivity index (χ2n) is 12.0. The number of rotatable bonds is 4. The van der Waals surface area contributed by atoms with Crippen molar-refractivity contribution in [2.24, 2.45) is 0 Å². The molecule has 7 aromatic carbocycles. The summed E-state index contributed by atoms with van der Waals surface area (Å²) in [6.07, 6.45) is 0. The van der Waals surface area contributed by atoms with Gasteiger partial charge in [-0.15, -0.1) is 0 Å². The van der Waals surface area contributed by atoms with Crippen LogP contribution in [0.4, 0.5) is 0 Å². The molecule has 0 aliphatic rings. The predicted octanol–water partition coefficient (Wildman–Crippen LogP) is 11.0. The van der Waals surface area contributed by atoms with Gasteiger partial charge in [0.15, 0.2) is 0 Å². The van der Waals surface area contributed by atoms with Gasteiger partial charge in [-0.1, -0.05) is 97.1 Å². The van der Waals surface area contributed by atoms with Crippen molar-refractivity contribution in [3.05, 3.63) is 169 Å². The van der Waals surface area contributed by atoms with E-state index in [2.05, 4.69) is 143 Å². The van der Waals surface area contributed by atoms with Crippen molar-refractivity contribution < 1.29 is 0 Å². The van der Waals surface area contributed by atoms with Crippen molar-refractivity contribution >= 4 is 43.6 Å². The van der Waals surface area contributed by atoms with Gasteiger partial charge in [0.25, 0.3) is 0 Å². The minimum Gasteiger partial charge on any atom is -0.309 e. The van der Waals surface area contributed by atoms with Crippen LogP contribution in [-0.2, 0) is 0 Å². The Balaban J connectivity index is 1.27. The van der Waals surface area contributed by atoms with Crippen LogP contribution in [0, 0.1) is 22.7 Å². The monoisotopic (exact) mass is 610 g/mol. The first kappa shape index (κ1) is 27.4. The third-order valence-electron chi connectivity index (χ3n) is 9.37. The maximum absolute atomic E-state index is 10.3. The highest BCUT2D eigenvalue weighted by atomic mass is 15.0. The summed E-state index contributed by atoms with van der Waals surface area (Å²) < 4.78 is 4.54. The zero-order chi connectivity index (χ0) is 32.2. The molecule has 0 atom stereocenters. The molecule has 0 amide bonds. The first-order chi connectivity index (χ1) is 23.7. The maximum Gasteiger partial charge on any atom is 0.0998 e. The van der Waals surface area contributed by atoms with E-state index >= 15 is 0 Å². The van der Waals surface area contributed by atoms with Crippen molar-refractivity contribution in [1.29, 1.82) is 10.5 Å². The lowest BCUT2D eigenvalue weighted by molar-refractivity contribution is 1.18. The summed E-state index contributed by atoms with van der Waals surface area (Å²) >= 11 is 0. The summed E-state index contributed by atoms with van der Waals surface area (Å²) in [4.78, 5) is 0. The third kappa shape index (κ3) is 4.14. The highest BCUT2D eigenvalue weighted by molar-refractivity contribution is 6.10. The molecule has 48 heavy (non-hydrogen) atoms. The van der Waals surface area contributed by atoms with Gasteiger partial charge in [-0.2, -0.15) is 10.5 Å². The standard InChI is InChI=1S/C44H26N4/c45-27-29-23-32(25-33(24-29)47-41-17-7-2-12-35(41)36-13-3-8-18-42(36)47)39-26-30(21-22-31(39)28-46)34-11-1-6-16-40(34)48-43-19-9-4-14-37(43)38-15-5-10-20-44(38)48/h1-26H. The molecule has 0 saturated heterocycles. The molecule has 9 aromatic rings. The second-order valence-corrected chi connectivity index (χ2v) is 12.0. The van der Waals surface area contributed by atoms with Gasteiger partial charge in [0, 0.05) is 38.4 Å². The molecule has 2 heterocycles. The minimum absolute atomic E-state index is 0.532. The van der Waals surface area contributed by atoms with E-state index in [1.165, 1.54) is 10.8 Å². The van der Waals surface area contributed by atoms with E-state index in [-0.39, 0.29) is 0 Å². The SMILES string of the molecule is N#Cc1cc(-c2cc(-c3ccccc3-n3c4ccccc4c4ccccc43)ccc2C#N)cc(-n2c3ccccc3c3ccccc32)c1. The Labute approximate surface area is 277 Å². The number of para-hydroxylation sites is 5. The van der Waals surface area contributed by atoms with Crippen molar-refractivity contribution in [3.63, 3.8) is 0 Å². The number of nitriles is 2. The molecule has 4 heteroatoms. The summed E-state index contributed by atoms with van der Waals surface area (Å²) in [5.41, 5.74) is 11.1. The lowest BCUT2D eigenvalue weighted by Gasteiger charge is -2.16. The quantitative estimate of drug-likeness (QED) is 0.199. The highest BCUT2D eigenvalue weighted by Crippen LogP contribution is 2.39. The van der Waals surface area contributed by atoms with Crippen LogP contribution in [0.3, 0.4) is 0 Å². The fourth-order valence-electron chi connectivity index (χ4n) is 7.30. The molecule has 4 nitrogen and oxygen atoms in total.